The largest absolute Gasteiger partial charge is 0.395 e. The van der Waals surface area contributed by atoms with E-state index < -0.39 is 0 Å². The number of nitrogens with zero attached hydrogens (tertiary/aromatic N) is 3. The van der Waals surface area contributed by atoms with E-state index in [-0.39, 0.29) is 0 Å². The number of nitrogen functional groups attached to an aromatic ring is 1. The van der Waals surface area contributed by atoms with Crippen molar-refractivity contribution in [2.75, 3.05) is 37.4 Å². The van der Waals surface area contributed by atoms with Crippen LogP contribution in [0.5, 0.6) is 0 Å². The summed E-state index contributed by atoms with van der Waals surface area (Å²) in [6.07, 6.45) is 1.60. The lowest BCUT2D eigenvalue weighted by molar-refractivity contribution is 0.205. The number of ether oxygens (including phenoxy) is 1. The van der Waals surface area contributed by atoms with Crippen molar-refractivity contribution in [3.05, 3.63) is 17.8 Å². The molecule has 2 N–H and O–H groups in total. The van der Waals surface area contributed by atoms with Gasteiger partial charge >= 0.3 is 0 Å². The molecule has 1 rings (SSSR count). The molecule has 0 aromatic carbocycles. The van der Waals surface area contributed by atoms with E-state index in [2.05, 4.69) is 4.98 Å². The third-order valence-electron chi connectivity index (χ3n) is 2.34. The van der Waals surface area contributed by atoms with Gasteiger partial charge in [0.15, 0.2) is 5.82 Å². The Balaban J connectivity index is 2.97. The number of likely N-dealkylation sites (N-methyl/N-ethyl adjacent to an activating group) is 1. The zero-order chi connectivity index (χ0) is 12.0. The summed E-state index contributed by atoms with van der Waals surface area (Å²) in [7, 11) is 1.65. The molecule has 0 radical (unpaired) electrons. The fraction of sp³-hybridized carbons (Fsp3) is 0.455. The van der Waals surface area contributed by atoms with E-state index in [0.717, 1.165) is 6.54 Å². The number of aromatic nitrogens is 1. The molecule has 0 aliphatic carbocycles. The van der Waals surface area contributed by atoms with E-state index in [4.69, 9.17) is 15.7 Å². The van der Waals surface area contributed by atoms with Crippen molar-refractivity contribution in [2.45, 2.75) is 6.92 Å². The normalized spacial score (nSPS) is 9.81. The van der Waals surface area contributed by atoms with Crippen LogP contribution in [-0.2, 0) is 4.74 Å². The highest BCUT2D eigenvalue weighted by Gasteiger charge is 2.12. The lowest BCUT2D eigenvalue weighted by Gasteiger charge is -2.23. The van der Waals surface area contributed by atoms with Gasteiger partial charge in [0.1, 0.15) is 6.07 Å². The first-order valence-corrected chi connectivity index (χ1v) is 5.13. The Hall–Kier alpha value is -1.80. The van der Waals surface area contributed by atoms with Gasteiger partial charge < -0.3 is 15.4 Å². The number of hydrogen-bond acceptors (Lipinski definition) is 5. The van der Waals surface area contributed by atoms with Crippen LogP contribution in [0.3, 0.4) is 0 Å². The van der Waals surface area contributed by atoms with Gasteiger partial charge in [-0.25, -0.2) is 4.98 Å². The Morgan fingerprint density at radius 3 is 2.94 bits per heavy atom. The van der Waals surface area contributed by atoms with Crippen molar-refractivity contribution < 1.29 is 4.74 Å². The number of rotatable bonds is 5. The first kappa shape index (κ1) is 12.3. The summed E-state index contributed by atoms with van der Waals surface area (Å²) in [6.45, 7) is 4.09. The van der Waals surface area contributed by atoms with Crippen LogP contribution < -0.4 is 10.6 Å². The minimum absolute atomic E-state index is 0.433. The van der Waals surface area contributed by atoms with Crippen molar-refractivity contribution in [1.82, 2.24) is 4.98 Å². The Bertz CT molecular complexity index is 386. The zero-order valence-electron chi connectivity index (χ0n) is 9.60. The van der Waals surface area contributed by atoms with Crippen molar-refractivity contribution in [3.8, 4) is 6.07 Å². The summed E-state index contributed by atoms with van der Waals surface area (Å²) >= 11 is 0. The van der Waals surface area contributed by atoms with Crippen LogP contribution in [0.4, 0.5) is 11.5 Å². The molecule has 0 aliphatic heterocycles. The van der Waals surface area contributed by atoms with E-state index in [1.807, 2.05) is 17.9 Å². The SMILES string of the molecule is CCN(CCOC)c1nccc(C#N)c1N. The Kier molecular flexibility index (Phi) is 4.55. The van der Waals surface area contributed by atoms with E-state index in [1.54, 1.807) is 19.4 Å². The summed E-state index contributed by atoms with van der Waals surface area (Å²) in [4.78, 5) is 6.19. The fourth-order valence-corrected chi connectivity index (χ4v) is 1.43. The summed E-state index contributed by atoms with van der Waals surface area (Å²) in [5, 5.41) is 8.87. The molecule has 16 heavy (non-hydrogen) atoms. The van der Waals surface area contributed by atoms with Gasteiger partial charge in [0.25, 0.3) is 0 Å². The molecule has 0 fully saturated rings. The molecule has 1 heterocycles. The molecular formula is C11H16N4O. The van der Waals surface area contributed by atoms with Crippen molar-refractivity contribution >= 4 is 11.5 Å². The summed E-state index contributed by atoms with van der Waals surface area (Å²) in [5.74, 6) is 0.651. The van der Waals surface area contributed by atoms with Crippen LogP contribution in [0.25, 0.3) is 0 Å². The van der Waals surface area contributed by atoms with Gasteiger partial charge in [-0.05, 0) is 13.0 Å². The average molecular weight is 220 g/mol. The van der Waals surface area contributed by atoms with Crippen LogP contribution in [-0.4, -0.2) is 31.8 Å². The number of pyridine rings is 1. The van der Waals surface area contributed by atoms with E-state index >= 15 is 0 Å². The molecule has 0 unspecified atom stereocenters. The van der Waals surface area contributed by atoms with Gasteiger partial charge in [-0.1, -0.05) is 0 Å². The number of nitriles is 1. The van der Waals surface area contributed by atoms with Crippen LogP contribution in [0.15, 0.2) is 12.3 Å². The maximum Gasteiger partial charge on any atom is 0.153 e. The first-order chi connectivity index (χ1) is 7.74. The fourth-order valence-electron chi connectivity index (χ4n) is 1.43. The van der Waals surface area contributed by atoms with Gasteiger partial charge in [-0.2, -0.15) is 5.26 Å². The monoisotopic (exact) mass is 220 g/mol. The van der Waals surface area contributed by atoms with Gasteiger partial charge in [0.2, 0.25) is 0 Å². The molecular weight excluding hydrogens is 204 g/mol. The maximum atomic E-state index is 8.87. The summed E-state index contributed by atoms with van der Waals surface area (Å²) in [6, 6.07) is 3.66. The second kappa shape index (κ2) is 5.93. The van der Waals surface area contributed by atoms with Crippen LogP contribution in [0, 0.1) is 11.3 Å². The summed E-state index contributed by atoms with van der Waals surface area (Å²) < 4.78 is 5.02. The molecule has 0 saturated carbocycles. The van der Waals surface area contributed by atoms with Crippen molar-refractivity contribution in [1.29, 1.82) is 5.26 Å². The number of hydrogen-bond donors (Lipinski definition) is 1. The van der Waals surface area contributed by atoms with E-state index in [9.17, 15) is 0 Å². The van der Waals surface area contributed by atoms with Crippen molar-refractivity contribution in [2.24, 2.45) is 0 Å². The summed E-state index contributed by atoms with van der Waals surface area (Å²) in [5.41, 5.74) is 6.77. The maximum absolute atomic E-state index is 8.87. The molecule has 0 atom stereocenters. The van der Waals surface area contributed by atoms with Gasteiger partial charge in [-0.15, -0.1) is 0 Å². The molecule has 5 nitrogen and oxygen atoms in total. The second-order valence-electron chi connectivity index (χ2n) is 3.28. The van der Waals surface area contributed by atoms with E-state index in [1.165, 1.54) is 0 Å². The highest BCUT2D eigenvalue weighted by atomic mass is 16.5. The molecule has 0 bridgehead atoms. The Labute approximate surface area is 95.4 Å². The molecule has 0 saturated heterocycles. The van der Waals surface area contributed by atoms with Gasteiger partial charge in [0, 0.05) is 26.4 Å². The molecule has 86 valence electrons. The van der Waals surface area contributed by atoms with Crippen LogP contribution in [0.1, 0.15) is 12.5 Å². The Morgan fingerprint density at radius 2 is 2.38 bits per heavy atom. The topological polar surface area (TPSA) is 75.2 Å². The highest BCUT2D eigenvalue weighted by Crippen LogP contribution is 2.22. The quantitative estimate of drug-likeness (QED) is 0.801. The van der Waals surface area contributed by atoms with Crippen molar-refractivity contribution in [3.63, 3.8) is 0 Å². The van der Waals surface area contributed by atoms with Gasteiger partial charge in [0.05, 0.1) is 17.9 Å². The molecule has 5 heteroatoms. The Morgan fingerprint density at radius 1 is 1.62 bits per heavy atom. The third-order valence-corrected chi connectivity index (χ3v) is 2.34. The van der Waals surface area contributed by atoms with Crippen LogP contribution >= 0.6 is 0 Å². The lowest BCUT2D eigenvalue weighted by Crippen LogP contribution is -2.28. The zero-order valence-corrected chi connectivity index (χ0v) is 9.60. The number of anilines is 2. The average Bonchev–Trinajstić information content (AvgIpc) is 2.32. The number of nitrogens with two attached hydrogens (primary N) is 1. The second-order valence-corrected chi connectivity index (χ2v) is 3.28. The minimum atomic E-state index is 0.433. The highest BCUT2D eigenvalue weighted by molar-refractivity contribution is 5.69. The molecule has 1 aromatic rings. The number of methoxy groups -OCH3 is 1. The predicted octanol–water partition coefficient (Wildman–Crippen LogP) is 1.01. The molecule has 0 spiro atoms. The molecule has 1 aromatic heterocycles. The van der Waals surface area contributed by atoms with Gasteiger partial charge in [-0.3, -0.25) is 0 Å². The van der Waals surface area contributed by atoms with E-state index in [0.29, 0.717) is 30.2 Å². The lowest BCUT2D eigenvalue weighted by atomic mass is 10.2. The van der Waals surface area contributed by atoms with Crippen LogP contribution in [0.2, 0.25) is 0 Å². The third kappa shape index (κ3) is 2.61. The predicted molar refractivity (Wildman–Crippen MR) is 63.1 cm³/mol. The minimum Gasteiger partial charge on any atom is -0.395 e. The standard InChI is InChI=1S/C11H16N4O/c1-3-15(6-7-16-2)11-10(13)9(8-12)4-5-14-11/h4-5H,3,6-7,13H2,1-2H3. The first-order valence-electron chi connectivity index (χ1n) is 5.13. The molecule has 0 amide bonds. The smallest absolute Gasteiger partial charge is 0.153 e. The molecule has 0 aliphatic rings.